The van der Waals surface area contributed by atoms with Gasteiger partial charge in [-0.3, -0.25) is 14.4 Å². The van der Waals surface area contributed by atoms with Crippen molar-refractivity contribution < 1.29 is 14.4 Å². The van der Waals surface area contributed by atoms with E-state index in [0.717, 1.165) is 12.0 Å². The van der Waals surface area contributed by atoms with Crippen LogP contribution < -0.4 is 5.73 Å². The zero-order valence-electron chi connectivity index (χ0n) is 13.0. The molecule has 122 valence electrons. The first-order valence-electron chi connectivity index (χ1n) is 8.00. The molecule has 0 radical (unpaired) electrons. The van der Waals surface area contributed by atoms with Crippen molar-refractivity contribution in [2.24, 2.45) is 11.7 Å². The van der Waals surface area contributed by atoms with Crippen molar-refractivity contribution in [2.45, 2.75) is 25.8 Å². The normalized spacial score (nSPS) is 18.4. The number of benzene rings is 1. The van der Waals surface area contributed by atoms with Crippen LogP contribution in [0.25, 0.3) is 0 Å². The lowest BCUT2D eigenvalue weighted by Gasteiger charge is -2.33. The summed E-state index contributed by atoms with van der Waals surface area (Å²) in [7, 11) is 0. The molecule has 3 amide bonds. The molecule has 6 heteroatoms. The van der Waals surface area contributed by atoms with Crippen LogP contribution in [-0.4, -0.2) is 47.2 Å². The van der Waals surface area contributed by atoms with Gasteiger partial charge in [-0.25, -0.2) is 0 Å². The second kappa shape index (κ2) is 6.40. The van der Waals surface area contributed by atoms with Crippen LogP contribution in [0.15, 0.2) is 24.3 Å². The molecular weight excluding hydrogens is 294 g/mol. The van der Waals surface area contributed by atoms with E-state index in [1.807, 2.05) is 18.2 Å². The van der Waals surface area contributed by atoms with Crippen LogP contribution in [-0.2, 0) is 27.3 Å². The SMILES string of the molecule is NC(=O)C1CCN(C(=O)C(=O)N2CCc3ccccc3C2)CC1. The highest BCUT2D eigenvalue weighted by Crippen LogP contribution is 2.20. The van der Waals surface area contributed by atoms with Crippen LogP contribution in [0.2, 0.25) is 0 Å². The Morgan fingerprint density at radius 1 is 0.913 bits per heavy atom. The predicted octanol–water partition coefficient (Wildman–Crippen LogP) is 0.295. The molecule has 1 saturated heterocycles. The molecule has 1 aromatic carbocycles. The number of likely N-dealkylation sites (tertiary alicyclic amines) is 1. The first kappa shape index (κ1) is 15.5. The number of carbonyl (C=O) groups is 3. The van der Waals surface area contributed by atoms with Crippen LogP contribution in [0.4, 0.5) is 0 Å². The number of amides is 3. The van der Waals surface area contributed by atoms with Crippen LogP contribution >= 0.6 is 0 Å². The fourth-order valence-corrected chi connectivity index (χ4v) is 3.31. The third-order valence-corrected chi connectivity index (χ3v) is 4.79. The number of primary amides is 1. The number of hydrogen-bond acceptors (Lipinski definition) is 3. The molecule has 1 aromatic rings. The third-order valence-electron chi connectivity index (χ3n) is 4.79. The van der Waals surface area contributed by atoms with E-state index in [4.69, 9.17) is 5.73 Å². The van der Waals surface area contributed by atoms with Gasteiger partial charge in [0.05, 0.1) is 0 Å². The van der Waals surface area contributed by atoms with Gasteiger partial charge in [0.15, 0.2) is 0 Å². The summed E-state index contributed by atoms with van der Waals surface area (Å²) in [5.41, 5.74) is 7.64. The molecule has 2 aliphatic heterocycles. The summed E-state index contributed by atoms with van der Waals surface area (Å²) in [6.07, 6.45) is 1.85. The molecule has 2 N–H and O–H groups in total. The van der Waals surface area contributed by atoms with E-state index in [0.29, 0.717) is 39.0 Å². The zero-order chi connectivity index (χ0) is 16.4. The number of hydrogen-bond donors (Lipinski definition) is 1. The number of nitrogens with two attached hydrogens (primary N) is 1. The summed E-state index contributed by atoms with van der Waals surface area (Å²) < 4.78 is 0. The number of fused-ring (bicyclic) bond motifs is 1. The van der Waals surface area contributed by atoms with Gasteiger partial charge in [-0.2, -0.15) is 0 Å². The highest BCUT2D eigenvalue weighted by Gasteiger charge is 2.32. The van der Waals surface area contributed by atoms with E-state index in [2.05, 4.69) is 6.07 Å². The minimum atomic E-state index is -0.465. The summed E-state index contributed by atoms with van der Waals surface area (Å²) in [5, 5.41) is 0. The van der Waals surface area contributed by atoms with E-state index in [1.54, 1.807) is 9.80 Å². The quantitative estimate of drug-likeness (QED) is 0.756. The summed E-state index contributed by atoms with van der Waals surface area (Å²) in [5.74, 6) is -1.42. The minimum absolute atomic E-state index is 0.184. The average Bonchev–Trinajstić information content (AvgIpc) is 2.60. The lowest BCUT2D eigenvalue weighted by molar-refractivity contribution is -0.153. The van der Waals surface area contributed by atoms with Crippen molar-refractivity contribution >= 4 is 17.7 Å². The molecule has 0 aliphatic carbocycles. The Morgan fingerprint density at radius 2 is 1.52 bits per heavy atom. The van der Waals surface area contributed by atoms with Gasteiger partial charge >= 0.3 is 11.8 Å². The van der Waals surface area contributed by atoms with Gasteiger partial charge in [0.1, 0.15) is 0 Å². The maximum atomic E-state index is 12.5. The highest BCUT2D eigenvalue weighted by atomic mass is 16.2. The molecule has 0 saturated carbocycles. The van der Waals surface area contributed by atoms with Crippen LogP contribution in [0.1, 0.15) is 24.0 Å². The molecule has 0 aromatic heterocycles. The van der Waals surface area contributed by atoms with Gasteiger partial charge in [0.25, 0.3) is 0 Å². The Balaban J connectivity index is 1.61. The van der Waals surface area contributed by atoms with Crippen LogP contribution in [0, 0.1) is 5.92 Å². The van der Waals surface area contributed by atoms with Gasteiger partial charge in [0, 0.05) is 32.1 Å². The standard InChI is InChI=1S/C17H21N3O3/c18-15(21)13-6-8-19(9-7-13)16(22)17(23)20-10-5-12-3-1-2-4-14(12)11-20/h1-4,13H,5-11H2,(H2,18,21). The van der Waals surface area contributed by atoms with Crippen LogP contribution in [0.5, 0.6) is 0 Å². The third kappa shape index (κ3) is 3.21. The fourth-order valence-electron chi connectivity index (χ4n) is 3.31. The highest BCUT2D eigenvalue weighted by molar-refractivity contribution is 6.34. The van der Waals surface area contributed by atoms with Crippen molar-refractivity contribution in [3.8, 4) is 0 Å². The van der Waals surface area contributed by atoms with Crippen LogP contribution in [0.3, 0.4) is 0 Å². The minimum Gasteiger partial charge on any atom is -0.369 e. The Morgan fingerprint density at radius 3 is 2.17 bits per heavy atom. The van der Waals surface area contributed by atoms with E-state index >= 15 is 0 Å². The van der Waals surface area contributed by atoms with E-state index in [1.165, 1.54) is 5.56 Å². The average molecular weight is 315 g/mol. The van der Waals surface area contributed by atoms with E-state index in [9.17, 15) is 14.4 Å². The number of carbonyl (C=O) groups excluding carboxylic acids is 3. The van der Waals surface area contributed by atoms with Crippen molar-refractivity contribution in [3.63, 3.8) is 0 Å². The van der Waals surface area contributed by atoms with E-state index in [-0.39, 0.29) is 11.8 Å². The van der Waals surface area contributed by atoms with E-state index < -0.39 is 11.8 Å². The molecule has 6 nitrogen and oxygen atoms in total. The van der Waals surface area contributed by atoms with Gasteiger partial charge < -0.3 is 15.5 Å². The Kier molecular flexibility index (Phi) is 4.32. The van der Waals surface area contributed by atoms with Gasteiger partial charge in [-0.1, -0.05) is 24.3 Å². The van der Waals surface area contributed by atoms with Crippen molar-refractivity contribution in [1.29, 1.82) is 0 Å². The molecule has 0 atom stereocenters. The molecule has 2 heterocycles. The lowest BCUT2D eigenvalue weighted by Crippen LogP contribution is -2.50. The smallest absolute Gasteiger partial charge is 0.312 e. The monoisotopic (exact) mass is 315 g/mol. The predicted molar refractivity (Wildman–Crippen MR) is 84.1 cm³/mol. The summed E-state index contributed by atoms with van der Waals surface area (Å²) in [6.45, 7) is 1.89. The lowest BCUT2D eigenvalue weighted by atomic mass is 9.96. The number of nitrogens with zero attached hydrogens (tertiary/aromatic N) is 2. The molecule has 2 aliphatic rings. The summed E-state index contributed by atoms with van der Waals surface area (Å²) in [4.78, 5) is 39.2. The second-order valence-electron chi connectivity index (χ2n) is 6.21. The maximum absolute atomic E-state index is 12.5. The largest absolute Gasteiger partial charge is 0.369 e. The topological polar surface area (TPSA) is 83.7 Å². The van der Waals surface area contributed by atoms with Gasteiger partial charge in [-0.15, -0.1) is 0 Å². The first-order chi connectivity index (χ1) is 11.1. The van der Waals surface area contributed by atoms with Gasteiger partial charge in [-0.05, 0) is 30.4 Å². The molecule has 0 bridgehead atoms. The van der Waals surface area contributed by atoms with Crippen molar-refractivity contribution in [1.82, 2.24) is 9.80 Å². The summed E-state index contributed by atoms with van der Waals surface area (Å²) in [6, 6.07) is 8.00. The summed E-state index contributed by atoms with van der Waals surface area (Å²) >= 11 is 0. The molecule has 23 heavy (non-hydrogen) atoms. The molecule has 0 spiro atoms. The Labute approximate surface area is 135 Å². The fraction of sp³-hybridized carbons (Fsp3) is 0.471. The van der Waals surface area contributed by atoms with Crippen molar-refractivity contribution in [2.75, 3.05) is 19.6 Å². The molecule has 3 rings (SSSR count). The molecular formula is C17H21N3O3. The Hall–Kier alpha value is -2.37. The zero-order valence-corrected chi connectivity index (χ0v) is 13.0. The second-order valence-corrected chi connectivity index (χ2v) is 6.21. The molecule has 1 fully saturated rings. The van der Waals surface area contributed by atoms with Gasteiger partial charge in [0.2, 0.25) is 5.91 Å². The Bertz CT molecular complexity index is 636. The molecule has 0 unspecified atom stereocenters. The first-order valence-corrected chi connectivity index (χ1v) is 8.00. The number of piperidine rings is 1. The van der Waals surface area contributed by atoms with Crippen molar-refractivity contribution in [3.05, 3.63) is 35.4 Å². The number of rotatable bonds is 1. The maximum Gasteiger partial charge on any atom is 0.312 e.